The first-order valence-electron chi connectivity index (χ1n) is 12.0. The normalized spacial score (nSPS) is 14.6. The number of aromatic nitrogens is 2. The second-order valence-corrected chi connectivity index (χ2v) is 9.01. The van der Waals surface area contributed by atoms with Crippen LogP contribution in [0.25, 0.3) is 11.0 Å². The first kappa shape index (κ1) is 26.2. The molecule has 10 nitrogen and oxygen atoms in total. The first-order valence-corrected chi connectivity index (χ1v) is 12.0. The molecule has 1 saturated carbocycles. The number of likely N-dealkylation sites (N-methyl/N-ethyl adjacent to an activating group) is 1. The summed E-state index contributed by atoms with van der Waals surface area (Å²) >= 11 is 0. The van der Waals surface area contributed by atoms with Gasteiger partial charge in [0.1, 0.15) is 17.4 Å². The van der Waals surface area contributed by atoms with Crippen LogP contribution in [0.5, 0.6) is 0 Å². The molecule has 0 aliphatic heterocycles. The summed E-state index contributed by atoms with van der Waals surface area (Å²) in [6.45, 7) is 0. The molecule has 1 aromatic heterocycles. The number of nitrogens with one attached hydrogen (secondary N) is 3. The zero-order valence-electron chi connectivity index (χ0n) is 20.2. The van der Waals surface area contributed by atoms with E-state index in [1.165, 1.54) is 37.6 Å². The van der Waals surface area contributed by atoms with Crippen molar-refractivity contribution in [2.24, 2.45) is 5.92 Å². The van der Waals surface area contributed by atoms with Gasteiger partial charge in [-0.3, -0.25) is 24.4 Å². The smallest absolute Gasteiger partial charge is 0.423 e. The van der Waals surface area contributed by atoms with Gasteiger partial charge in [-0.25, -0.2) is 4.39 Å². The van der Waals surface area contributed by atoms with E-state index in [0.29, 0.717) is 0 Å². The zero-order chi connectivity index (χ0) is 26.5. The summed E-state index contributed by atoms with van der Waals surface area (Å²) in [7, 11) is -0.432. The highest BCUT2D eigenvalue weighted by Crippen LogP contribution is 2.27. The van der Waals surface area contributed by atoms with E-state index in [2.05, 4.69) is 25.9 Å². The maximum atomic E-state index is 14.1. The van der Waals surface area contributed by atoms with E-state index in [-0.39, 0.29) is 45.1 Å². The summed E-state index contributed by atoms with van der Waals surface area (Å²) in [6.07, 6.45) is 7.37. The fraction of sp³-hybridized carbons (Fsp3) is 0.320. The minimum absolute atomic E-state index is 0.00880. The lowest BCUT2D eigenvalue weighted by Crippen LogP contribution is -2.50. The molecular weight excluding hydrogens is 480 g/mol. The maximum absolute atomic E-state index is 14.1. The molecule has 1 aliphatic rings. The number of carbonyl (C=O) groups excluding carboxylic acids is 3. The number of carbonyl (C=O) groups is 3. The predicted molar refractivity (Wildman–Crippen MR) is 136 cm³/mol. The van der Waals surface area contributed by atoms with E-state index in [0.717, 1.165) is 44.2 Å². The standard InChI is InChI=1S/C25H27BFN5O5/c1-28-25(35)21(14-5-3-2-4-6-14)32-23(33)15-9-16(26(36)37)11-18(10-15)31-24(34)19-12-17(27)13-20-22(19)30-8-7-29-20/h7-14,21,36-37H,2-6H2,1H3,(H,28,35)(H,31,34)(H,32,33)/t21-/m0/s1. The highest BCUT2D eigenvalue weighted by Gasteiger charge is 2.31. The Bertz CT molecular complexity index is 1330. The summed E-state index contributed by atoms with van der Waals surface area (Å²) < 4.78 is 14.1. The van der Waals surface area contributed by atoms with Crippen molar-refractivity contribution >= 4 is 47.0 Å². The molecule has 5 N–H and O–H groups in total. The average Bonchev–Trinajstić information content (AvgIpc) is 2.90. The third kappa shape index (κ3) is 6.09. The van der Waals surface area contributed by atoms with Gasteiger partial charge in [-0.2, -0.15) is 0 Å². The molecule has 2 aromatic carbocycles. The molecule has 0 radical (unpaired) electrons. The van der Waals surface area contributed by atoms with Gasteiger partial charge in [0, 0.05) is 36.8 Å². The van der Waals surface area contributed by atoms with Crippen LogP contribution >= 0.6 is 0 Å². The van der Waals surface area contributed by atoms with Crippen LogP contribution in [0, 0.1) is 11.7 Å². The van der Waals surface area contributed by atoms with Gasteiger partial charge in [0.05, 0.1) is 11.1 Å². The molecule has 0 bridgehead atoms. The Hall–Kier alpha value is -3.90. The van der Waals surface area contributed by atoms with Crippen molar-refractivity contribution in [1.29, 1.82) is 0 Å². The van der Waals surface area contributed by atoms with Gasteiger partial charge in [0.15, 0.2) is 0 Å². The van der Waals surface area contributed by atoms with Gasteiger partial charge in [0.2, 0.25) is 5.91 Å². The quantitative estimate of drug-likeness (QED) is 0.301. The third-order valence-corrected chi connectivity index (χ3v) is 6.49. The van der Waals surface area contributed by atoms with Crippen LogP contribution in [0.3, 0.4) is 0 Å². The van der Waals surface area contributed by atoms with E-state index in [1.54, 1.807) is 0 Å². The molecule has 12 heteroatoms. The molecule has 0 spiro atoms. The summed E-state index contributed by atoms with van der Waals surface area (Å²) in [5, 5.41) is 27.5. The fourth-order valence-electron chi connectivity index (χ4n) is 4.66. The monoisotopic (exact) mass is 507 g/mol. The van der Waals surface area contributed by atoms with Crippen molar-refractivity contribution in [2.75, 3.05) is 12.4 Å². The molecule has 0 saturated heterocycles. The van der Waals surface area contributed by atoms with Crippen LogP contribution in [-0.4, -0.2) is 57.9 Å². The molecule has 1 fully saturated rings. The molecule has 37 heavy (non-hydrogen) atoms. The Morgan fingerprint density at radius 1 is 1.00 bits per heavy atom. The van der Waals surface area contributed by atoms with Gasteiger partial charge in [-0.15, -0.1) is 0 Å². The van der Waals surface area contributed by atoms with Crippen LogP contribution in [-0.2, 0) is 4.79 Å². The van der Waals surface area contributed by atoms with Gasteiger partial charge in [-0.05, 0) is 48.5 Å². The Morgan fingerprint density at radius 3 is 2.43 bits per heavy atom. The van der Waals surface area contributed by atoms with Crippen LogP contribution < -0.4 is 21.4 Å². The van der Waals surface area contributed by atoms with Crippen molar-refractivity contribution in [3.63, 3.8) is 0 Å². The molecule has 3 amide bonds. The molecule has 0 unspecified atom stereocenters. The number of nitrogens with zero attached hydrogens (tertiary/aromatic N) is 2. The number of hydrogen-bond donors (Lipinski definition) is 5. The van der Waals surface area contributed by atoms with Crippen molar-refractivity contribution in [3.05, 3.63) is 59.7 Å². The number of amides is 3. The van der Waals surface area contributed by atoms with E-state index in [4.69, 9.17) is 0 Å². The molecule has 4 rings (SSSR count). The van der Waals surface area contributed by atoms with Crippen LogP contribution in [0.4, 0.5) is 10.1 Å². The van der Waals surface area contributed by atoms with Crippen molar-refractivity contribution in [3.8, 4) is 0 Å². The Kier molecular flexibility index (Phi) is 8.09. The fourth-order valence-corrected chi connectivity index (χ4v) is 4.66. The van der Waals surface area contributed by atoms with Gasteiger partial charge >= 0.3 is 7.12 Å². The average molecular weight is 507 g/mol. The third-order valence-electron chi connectivity index (χ3n) is 6.49. The van der Waals surface area contributed by atoms with Gasteiger partial charge in [-0.1, -0.05) is 19.3 Å². The lowest BCUT2D eigenvalue weighted by molar-refractivity contribution is -0.124. The zero-order valence-corrected chi connectivity index (χ0v) is 20.2. The van der Waals surface area contributed by atoms with Crippen molar-refractivity contribution in [1.82, 2.24) is 20.6 Å². The van der Waals surface area contributed by atoms with E-state index >= 15 is 0 Å². The molecule has 1 heterocycles. The Morgan fingerprint density at radius 2 is 1.73 bits per heavy atom. The maximum Gasteiger partial charge on any atom is 0.488 e. The SMILES string of the molecule is CNC(=O)[C@@H](NC(=O)c1cc(NC(=O)c2cc(F)cc3nccnc23)cc(B(O)O)c1)C1CCCCC1. The molecule has 1 atom stereocenters. The second-order valence-electron chi connectivity index (χ2n) is 9.01. The van der Waals surface area contributed by atoms with Crippen molar-refractivity contribution in [2.45, 2.75) is 38.1 Å². The first-order chi connectivity index (χ1) is 17.8. The topological polar surface area (TPSA) is 154 Å². The predicted octanol–water partition coefficient (Wildman–Crippen LogP) is 1.13. The van der Waals surface area contributed by atoms with E-state index in [1.807, 2.05) is 0 Å². The molecule has 3 aromatic rings. The minimum Gasteiger partial charge on any atom is -0.423 e. The van der Waals surface area contributed by atoms with Crippen molar-refractivity contribution < 1.29 is 28.8 Å². The van der Waals surface area contributed by atoms with Gasteiger partial charge < -0.3 is 26.0 Å². The molecule has 192 valence electrons. The van der Waals surface area contributed by atoms with Crippen LogP contribution in [0.15, 0.2) is 42.7 Å². The number of hydrogen-bond acceptors (Lipinski definition) is 7. The summed E-state index contributed by atoms with van der Waals surface area (Å²) in [4.78, 5) is 46.9. The summed E-state index contributed by atoms with van der Waals surface area (Å²) in [5.41, 5.74) is 0.307. The summed E-state index contributed by atoms with van der Waals surface area (Å²) in [5.74, 6) is -2.36. The number of anilines is 1. The van der Waals surface area contributed by atoms with Gasteiger partial charge in [0.25, 0.3) is 11.8 Å². The van der Waals surface area contributed by atoms with E-state index < -0.39 is 30.8 Å². The molecular formula is C25H27BFN5O5. The summed E-state index contributed by atoms with van der Waals surface area (Å²) in [6, 6.07) is 5.30. The lowest BCUT2D eigenvalue weighted by atomic mass is 9.79. The highest BCUT2D eigenvalue weighted by molar-refractivity contribution is 6.58. The second kappa shape index (κ2) is 11.4. The van der Waals surface area contributed by atoms with Crippen LogP contribution in [0.1, 0.15) is 52.8 Å². The number of benzene rings is 2. The largest absolute Gasteiger partial charge is 0.488 e. The lowest BCUT2D eigenvalue weighted by Gasteiger charge is -2.29. The number of rotatable bonds is 7. The Labute approximate surface area is 212 Å². The van der Waals surface area contributed by atoms with E-state index in [9.17, 15) is 28.8 Å². The Balaban J connectivity index is 1.62. The number of fused-ring (bicyclic) bond motifs is 1. The molecule has 1 aliphatic carbocycles. The number of halogens is 1. The van der Waals surface area contributed by atoms with Crippen LogP contribution in [0.2, 0.25) is 0 Å². The minimum atomic E-state index is -1.93. The highest BCUT2D eigenvalue weighted by atomic mass is 19.1.